The summed E-state index contributed by atoms with van der Waals surface area (Å²) in [5.41, 5.74) is 1.35. The number of pyridine rings is 1. The molecule has 2 rings (SSSR count). The fourth-order valence-corrected chi connectivity index (χ4v) is 2.51. The number of nitrogens with zero attached hydrogens (tertiary/aromatic N) is 1. The van der Waals surface area contributed by atoms with E-state index in [1.54, 1.807) is 18.5 Å². The maximum atomic E-state index is 12.2. The Morgan fingerprint density at radius 3 is 2.89 bits per heavy atom. The highest BCUT2D eigenvalue weighted by molar-refractivity contribution is 6.36. The maximum absolute atomic E-state index is 12.2. The second-order valence-electron chi connectivity index (χ2n) is 4.81. The molecule has 0 amide bonds. The van der Waals surface area contributed by atoms with Gasteiger partial charge in [0, 0.05) is 29.8 Å². The molecule has 0 aliphatic rings. The van der Waals surface area contributed by atoms with Crippen LogP contribution in [0.4, 0.5) is 0 Å². The van der Waals surface area contributed by atoms with Gasteiger partial charge in [0.05, 0.1) is 5.02 Å². The topological polar surface area (TPSA) is 45.8 Å². The molecule has 19 heavy (non-hydrogen) atoms. The van der Waals surface area contributed by atoms with E-state index in [-0.39, 0.29) is 5.78 Å². The molecular formula is C15H19ClN2O. The maximum Gasteiger partial charge on any atom is 0.165 e. The standard InChI is InChI=1S/C15H19ClN2O/c1-2-3-4-5-6-7-13(19)11-10-18-15-14(11)12(16)8-9-17-15/h8-10H,2-7H2,1H3,(H,17,18). The van der Waals surface area contributed by atoms with Crippen LogP contribution in [0.1, 0.15) is 55.8 Å². The number of carbonyl (C=O) groups is 1. The molecule has 0 fully saturated rings. The Hall–Kier alpha value is -1.35. The van der Waals surface area contributed by atoms with Gasteiger partial charge in [0.25, 0.3) is 0 Å². The molecule has 2 heterocycles. The summed E-state index contributed by atoms with van der Waals surface area (Å²) in [4.78, 5) is 19.4. The van der Waals surface area contributed by atoms with Crippen molar-refractivity contribution >= 4 is 28.4 Å². The van der Waals surface area contributed by atoms with Crippen molar-refractivity contribution in [2.75, 3.05) is 0 Å². The van der Waals surface area contributed by atoms with E-state index in [0.717, 1.165) is 18.2 Å². The quantitative estimate of drug-likeness (QED) is 0.586. The number of aromatic nitrogens is 2. The van der Waals surface area contributed by atoms with Gasteiger partial charge in [-0.15, -0.1) is 0 Å². The van der Waals surface area contributed by atoms with Crippen molar-refractivity contribution in [3.63, 3.8) is 0 Å². The number of rotatable bonds is 7. The number of unbranched alkanes of at least 4 members (excludes halogenated alkanes) is 4. The highest BCUT2D eigenvalue weighted by atomic mass is 35.5. The Labute approximate surface area is 118 Å². The second kappa shape index (κ2) is 6.71. The van der Waals surface area contributed by atoms with E-state index >= 15 is 0 Å². The lowest BCUT2D eigenvalue weighted by Crippen LogP contribution is -1.98. The minimum Gasteiger partial charge on any atom is -0.345 e. The minimum absolute atomic E-state index is 0.151. The molecule has 0 aromatic carbocycles. The van der Waals surface area contributed by atoms with Gasteiger partial charge in [-0.3, -0.25) is 4.79 Å². The lowest BCUT2D eigenvalue weighted by molar-refractivity contribution is 0.0980. The molecule has 1 N–H and O–H groups in total. The summed E-state index contributed by atoms with van der Waals surface area (Å²) in [5.74, 6) is 0.151. The van der Waals surface area contributed by atoms with Crippen LogP contribution in [0.15, 0.2) is 18.5 Å². The molecule has 0 atom stereocenters. The van der Waals surface area contributed by atoms with Gasteiger partial charge in [0.15, 0.2) is 5.78 Å². The molecule has 2 aromatic heterocycles. The summed E-state index contributed by atoms with van der Waals surface area (Å²) >= 11 is 6.14. The first-order chi connectivity index (χ1) is 9.24. The summed E-state index contributed by atoms with van der Waals surface area (Å²) in [5, 5.41) is 1.34. The molecule has 0 spiro atoms. The van der Waals surface area contributed by atoms with Crippen molar-refractivity contribution in [2.24, 2.45) is 0 Å². The van der Waals surface area contributed by atoms with Gasteiger partial charge in [-0.1, -0.05) is 44.2 Å². The Bertz CT molecular complexity index is 562. The van der Waals surface area contributed by atoms with E-state index in [9.17, 15) is 4.79 Å². The zero-order valence-electron chi connectivity index (χ0n) is 11.2. The van der Waals surface area contributed by atoms with Gasteiger partial charge in [-0.25, -0.2) is 4.98 Å². The summed E-state index contributed by atoms with van der Waals surface area (Å²) in [7, 11) is 0. The molecular weight excluding hydrogens is 260 g/mol. The first-order valence-electron chi connectivity index (χ1n) is 6.88. The Morgan fingerprint density at radius 1 is 1.32 bits per heavy atom. The zero-order chi connectivity index (χ0) is 13.7. The monoisotopic (exact) mass is 278 g/mol. The SMILES string of the molecule is CCCCCCCC(=O)c1c[nH]c2nccc(Cl)c12. The molecule has 0 aliphatic heterocycles. The molecule has 0 saturated carbocycles. The van der Waals surface area contributed by atoms with Gasteiger partial charge in [-0.2, -0.15) is 0 Å². The fourth-order valence-electron chi connectivity index (χ4n) is 2.26. The number of carbonyl (C=O) groups excluding carboxylic acids is 1. The van der Waals surface area contributed by atoms with E-state index in [2.05, 4.69) is 16.9 Å². The van der Waals surface area contributed by atoms with Crippen molar-refractivity contribution in [2.45, 2.75) is 45.4 Å². The van der Waals surface area contributed by atoms with Crippen molar-refractivity contribution in [1.82, 2.24) is 9.97 Å². The molecule has 0 saturated heterocycles. The van der Waals surface area contributed by atoms with Crippen LogP contribution in [0.5, 0.6) is 0 Å². The molecule has 0 aliphatic carbocycles. The number of hydrogen-bond acceptors (Lipinski definition) is 2. The minimum atomic E-state index is 0.151. The van der Waals surface area contributed by atoms with Crippen molar-refractivity contribution < 1.29 is 4.79 Å². The molecule has 0 unspecified atom stereocenters. The van der Waals surface area contributed by atoms with Crippen LogP contribution in [-0.4, -0.2) is 15.8 Å². The van der Waals surface area contributed by atoms with E-state index < -0.39 is 0 Å². The van der Waals surface area contributed by atoms with Crippen LogP contribution in [-0.2, 0) is 0 Å². The van der Waals surface area contributed by atoms with Gasteiger partial charge < -0.3 is 4.98 Å². The third kappa shape index (κ3) is 3.35. The average Bonchev–Trinajstić information content (AvgIpc) is 2.84. The van der Waals surface area contributed by atoms with Crippen molar-refractivity contribution in [3.05, 3.63) is 29.0 Å². The number of aromatic amines is 1. The first kappa shape index (κ1) is 14.1. The van der Waals surface area contributed by atoms with Crippen molar-refractivity contribution in [3.8, 4) is 0 Å². The lowest BCUT2D eigenvalue weighted by Gasteiger charge is -2.01. The third-order valence-corrected chi connectivity index (χ3v) is 3.65. The molecule has 3 nitrogen and oxygen atoms in total. The van der Waals surface area contributed by atoms with Crippen LogP contribution in [0, 0.1) is 0 Å². The number of fused-ring (bicyclic) bond motifs is 1. The number of nitrogens with one attached hydrogen (secondary N) is 1. The third-order valence-electron chi connectivity index (χ3n) is 3.33. The smallest absolute Gasteiger partial charge is 0.165 e. The number of ketones is 1. The normalized spacial score (nSPS) is 11.1. The van der Waals surface area contributed by atoms with Gasteiger partial charge in [0.1, 0.15) is 5.65 Å². The van der Waals surface area contributed by atoms with E-state index in [4.69, 9.17) is 11.6 Å². The van der Waals surface area contributed by atoms with Crippen LogP contribution in [0.3, 0.4) is 0 Å². The van der Waals surface area contributed by atoms with E-state index in [1.165, 1.54) is 19.3 Å². The molecule has 0 bridgehead atoms. The Balaban J connectivity index is 2.01. The number of H-pyrrole nitrogens is 1. The Kier molecular flexibility index (Phi) is 4.97. The Morgan fingerprint density at radius 2 is 2.11 bits per heavy atom. The number of halogens is 1. The lowest BCUT2D eigenvalue weighted by atomic mass is 10.0. The number of hydrogen-bond donors (Lipinski definition) is 1. The summed E-state index contributed by atoms with van der Waals surface area (Å²) in [6.07, 6.45) is 9.69. The van der Waals surface area contributed by atoms with Crippen LogP contribution < -0.4 is 0 Å². The molecule has 102 valence electrons. The first-order valence-corrected chi connectivity index (χ1v) is 7.26. The molecule has 0 radical (unpaired) electrons. The average molecular weight is 279 g/mol. The predicted octanol–water partition coefficient (Wildman–Crippen LogP) is 4.76. The largest absolute Gasteiger partial charge is 0.345 e. The summed E-state index contributed by atoms with van der Waals surface area (Å²) in [6.45, 7) is 2.19. The van der Waals surface area contributed by atoms with Crippen LogP contribution >= 0.6 is 11.6 Å². The van der Waals surface area contributed by atoms with Gasteiger partial charge in [-0.05, 0) is 12.5 Å². The van der Waals surface area contributed by atoms with E-state index in [0.29, 0.717) is 22.7 Å². The molecule has 2 aromatic rings. The molecule has 4 heteroatoms. The highest BCUT2D eigenvalue weighted by Gasteiger charge is 2.14. The highest BCUT2D eigenvalue weighted by Crippen LogP contribution is 2.26. The van der Waals surface area contributed by atoms with Crippen LogP contribution in [0.25, 0.3) is 11.0 Å². The van der Waals surface area contributed by atoms with E-state index in [1.807, 2.05) is 0 Å². The predicted molar refractivity (Wildman–Crippen MR) is 78.8 cm³/mol. The van der Waals surface area contributed by atoms with Gasteiger partial charge in [0.2, 0.25) is 0 Å². The van der Waals surface area contributed by atoms with Crippen LogP contribution in [0.2, 0.25) is 5.02 Å². The van der Waals surface area contributed by atoms with Crippen molar-refractivity contribution in [1.29, 1.82) is 0 Å². The summed E-state index contributed by atoms with van der Waals surface area (Å²) in [6, 6.07) is 1.72. The second-order valence-corrected chi connectivity index (χ2v) is 5.21. The zero-order valence-corrected chi connectivity index (χ0v) is 12.0. The number of Topliss-reactive ketones (excluding diaryl/α,β-unsaturated/α-hetero) is 1. The fraction of sp³-hybridized carbons (Fsp3) is 0.467. The van der Waals surface area contributed by atoms with Gasteiger partial charge >= 0.3 is 0 Å². The summed E-state index contributed by atoms with van der Waals surface area (Å²) < 4.78 is 0.